The molecule has 5 nitrogen and oxygen atoms in total. The summed E-state index contributed by atoms with van der Waals surface area (Å²) in [6, 6.07) is 0. The van der Waals surface area contributed by atoms with Gasteiger partial charge in [0.1, 0.15) is 0 Å². The molecule has 0 radical (unpaired) electrons. The Hall–Kier alpha value is -1.10. The monoisotopic (exact) mass is 260 g/mol. The zero-order valence-corrected chi connectivity index (χ0v) is 12.2. The summed E-state index contributed by atoms with van der Waals surface area (Å²) in [7, 11) is 0. The smallest absolute Gasteiger partial charge is 0.359 e. The van der Waals surface area contributed by atoms with E-state index in [1.54, 1.807) is 0 Å². The molecule has 0 saturated heterocycles. The number of carbonyl (C=O) groups excluding carboxylic acids is 1. The van der Waals surface area contributed by atoms with E-state index in [1.165, 1.54) is 0 Å². The van der Waals surface area contributed by atoms with Crippen LogP contribution < -0.4 is 0 Å². The molecule has 0 saturated carbocycles. The number of aliphatic carboxylic acids is 1. The van der Waals surface area contributed by atoms with Crippen LogP contribution in [0.5, 0.6) is 0 Å². The number of hydrogen-bond acceptors (Lipinski definition) is 3. The SMILES string of the molecule is CCC(C)(C)C(=O)OC[N+](CC)(CC)CC(=O)O. The topological polar surface area (TPSA) is 63.6 Å². The van der Waals surface area contributed by atoms with Gasteiger partial charge < -0.3 is 9.84 Å². The number of esters is 1. The average Bonchev–Trinajstić information content (AvgIpc) is 2.33. The van der Waals surface area contributed by atoms with Gasteiger partial charge in [-0.1, -0.05) is 6.92 Å². The summed E-state index contributed by atoms with van der Waals surface area (Å²) in [6.07, 6.45) is 0.697. The van der Waals surface area contributed by atoms with Gasteiger partial charge >= 0.3 is 11.9 Å². The van der Waals surface area contributed by atoms with Crippen molar-refractivity contribution in [1.29, 1.82) is 0 Å². The number of quaternary nitrogens is 1. The van der Waals surface area contributed by atoms with Crippen LogP contribution in [0.4, 0.5) is 0 Å². The van der Waals surface area contributed by atoms with E-state index in [9.17, 15) is 9.59 Å². The van der Waals surface area contributed by atoms with Gasteiger partial charge in [-0.05, 0) is 34.1 Å². The molecule has 0 aromatic rings. The Morgan fingerprint density at radius 3 is 2.00 bits per heavy atom. The second-order valence-electron chi connectivity index (χ2n) is 5.32. The van der Waals surface area contributed by atoms with Crippen molar-refractivity contribution in [1.82, 2.24) is 0 Å². The quantitative estimate of drug-likeness (QED) is 0.411. The van der Waals surface area contributed by atoms with Crippen molar-refractivity contribution in [3.05, 3.63) is 0 Å². The molecule has 0 aliphatic heterocycles. The fourth-order valence-electron chi connectivity index (χ4n) is 1.50. The molecule has 0 bridgehead atoms. The van der Waals surface area contributed by atoms with Crippen LogP contribution in [-0.4, -0.2) is 47.9 Å². The molecule has 0 aliphatic carbocycles. The Morgan fingerprint density at radius 1 is 1.17 bits per heavy atom. The molecule has 0 aromatic carbocycles. The second kappa shape index (κ2) is 6.73. The van der Waals surface area contributed by atoms with Gasteiger partial charge in [-0.25, -0.2) is 4.79 Å². The number of likely N-dealkylation sites (N-methyl/N-ethyl adjacent to an activating group) is 1. The third kappa shape index (κ3) is 4.64. The van der Waals surface area contributed by atoms with Crippen molar-refractivity contribution in [3.63, 3.8) is 0 Å². The van der Waals surface area contributed by atoms with Gasteiger partial charge in [0.15, 0.2) is 6.54 Å². The maximum Gasteiger partial charge on any atom is 0.359 e. The molecule has 0 atom stereocenters. The van der Waals surface area contributed by atoms with Crippen molar-refractivity contribution >= 4 is 11.9 Å². The highest BCUT2D eigenvalue weighted by molar-refractivity contribution is 5.75. The number of carbonyl (C=O) groups is 2. The van der Waals surface area contributed by atoms with E-state index >= 15 is 0 Å². The largest absolute Gasteiger partial charge is 0.477 e. The zero-order chi connectivity index (χ0) is 14.4. The van der Waals surface area contributed by atoms with E-state index in [2.05, 4.69) is 0 Å². The van der Waals surface area contributed by atoms with Gasteiger partial charge in [0.2, 0.25) is 6.73 Å². The first kappa shape index (κ1) is 16.9. The summed E-state index contributed by atoms with van der Waals surface area (Å²) in [4.78, 5) is 22.8. The van der Waals surface area contributed by atoms with Crippen molar-refractivity contribution < 1.29 is 23.9 Å². The highest BCUT2D eigenvalue weighted by Gasteiger charge is 2.32. The van der Waals surface area contributed by atoms with E-state index in [0.717, 1.165) is 0 Å². The Labute approximate surface area is 109 Å². The minimum absolute atomic E-state index is 0.0210. The molecular formula is C13H26NO4+. The van der Waals surface area contributed by atoms with Gasteiger partial charge in [0.25, 0.3) is 0 Å². The number of carboxylic acid groups (broad SMARTS) is 1. The Kier molecular flexibility index (Phi) is 6.32. The van der Waals surface area contributed by atoms with E-state index in [0.29, 0.717) is 19.5 Å². The standard InChI is InChI=1S/C13H25NO4/c1-6-13(4,5)12(17)18-10-14(7-2,8-3)9-11(15)16/h6-10H2,1-5H3/p+1. The number of hydrogen-bond donors (Lipinski definition) is 1. The summed E-state index contributed by atoms with van der Waals surface area (Å²) >= 11 is 0. The van der Waals surface area contributed by atoms with Crippen LogP contribution in [-0.2, 0) is 14.3 Å². The first-order chi connectivity index (χ1) is 8.23. The molecule has 0 fully saturated rings. The maximum atomic E-state index is 11.9. The minimum Gasteiger partial charge on any atom is -0.477 e. The lowest BCUT2D eigenvalue weighted by molar-refractivity contribution is -0.934. The van der Waals surface area contributed by atoms with E-state index in [-0.39, 0.29) is 23.7 Å². The van der Waals surface area contributed by atoms with Crippen LogP contribution in [0.15, 0.2) is 0 Å². The van der Waals surface area contributed by atoms with Crippen molar-refractivity contribution in [2.75, 3.05) is 26.4 Å². The summed E-state index contributed by atoms with van der Waals surface area (Å²) in [5.41, 5.74) is -0.514. The summed E-state index contributed by atoms with van der Waals surface area (Å²) in [6.45, 7) is 10.8. The normalized spacial score (nSPS) is 12.3. The van der Waals surface area contributed by atoms with Gasteiger partial charge in [-0.15, -0.1) is 0 Å². The van der Waals surface area contributed by atoms with Crippen LogP contribution in [0, 0.1) is 5.41 Å². The van der Waals surface area contributed by atoms with Gasteiger partial charge in [0.05, 0.1) is 18.5 Å². The van der Waals surface area contributed by atoms with E-state index in [4.69, 9.17) is 9.84 Å². The molecule has 0 spiro atoms. The molecule has 18 heavy (non-hydrogen) atoms. The second-order valence-corrected chi connectivity index (χ2v) is 5.32. The molecule has 0 aromatic heterocycles. The van der Waals surface area contributed by atoms with Crippen molar-refractivity contribution in [2.45, 2.75) is 41.0 Å². The first-order valence-electron chi connectivity index (χ1n) is 6.47. The summed E-state index contributed by atoms with van der Waals surface area (Å²) in [5.74, 6) is -1.13. The van der Waals surface area contributed by atoms with Crippen LogP contribution in [0.3, 0.4) is 0 Å². The predicted octanol–water partition coefficient (Wildman–Crippen LogP) is 1.86. The van der Waals surface area contributed by atoms with Crippen LogP contribution in [0.2, 0.25) is 0 Å². The lowest BCUT2D eigenvalue weighted by atomic mass is 9.91. The Balaban J connectivity index is 4.63. The van der Waals surface area contributed by atoms with Gasteiger partial charge in [-0.3, -0.25) is 9.28 Å². The van der Waals surface area contributed by atoms with Gasteiger partial charge in [-0.2, -0.15) is 0 Å². The molecule has 1 N–H and O–H groups in total. The number of rotatable bonds is 8. The Bertz CT molecular complexity index is 295. The Morgan fingerprint density at radius 2 is 1.67 bits per heavy atom. The molecule has 0 rings (SSSR count). The molecule has 0 unspecified atom stereocenters. The molecule has 0 amide bonds. The molecule has 0 heterocycles. The van der Waals surface area contributed by atoms with E-state index in [1.807, 2.05) is 34.6 Å². The third-order valence-electron chi connectivity index (χ3n) is 3.72. The highest BCUT2D eigenvalue weighted by Crippen LogP contribution is 2.22. The van der Waals surface area contributed by atoms with Gasteiger partial charge in [0, 0.05) is 0 Å². The zero-order valence-electron chi connectivity index (χ0n) is 12.2. The lowest BCUT2D eigenvalue weighted by Gasteiger charge is -2.35. The average molecular weight is 260 g/mol. The maximum absolute atomic E-state index is 11.9. The number of nitrogens with zero attached hydrogens (tertiary/aromatic N) is 1. The van der Waals surface area contributed by atoms with Crippen LogP contribution in [0.1, 0.15) is 41.0 Å². The predicted molar refractivity (Wildman–Crippen MR) is 68.9 cm³/mol. The fourth-order valence-corrected chi connectivity index (χ4v) is 1.50. The first-order valence-corrected chi connectivity index (χ1v) is 6.47. The van der Waals surface area contributed by atoms with Crippen LogP contribution >= 0.6 is 0 Å². The fraction of sp³-hybridized carbons (Fsp3) is 0.846. The van der Waals surface area contributed by atoms with Crippen molar-refractivity contribution in [3.8, 4) is 0 Å². The molecule has 5 heteroatoms. The van der Waals surface area contributed by atoms with Crippen LogP contribution in [0.25, 0.3) is 0 Å². The molecule has 0 aliphatic rings. The summed E-state index contributed by atoms with van der Waals surface area (Å²) in [5, 5.41) is 8.93. The number of carboxylic acids is 1. The van der Waals surface area contributed by atoms with E-state index < -0.39 is 11.4 Å². The third-order valence-corrected chi connectivity index (χ3v) is 3.72. The molecular weight excluding hydrogens is 234 g/mol. The van der Waals surface area contributed by atoms with Crippen molar-refractivity contribution in [2.24, 2.45) is 5.41 Å². The minimum atomic E-state index is -0.871. The number of ether oxygens (including phenoxy) is 1. The molecule has 106 valence electrons. The highest BCUT2D eigenvalue weighted by atomic mass is 16.5. The summed E-state index contributed by atoms with van der Waals surface area (Å²) < 4.78 is 5.58. The lowest BCUT2D eigenvalue weighted by Crippen LogP contribution is -2.53.